The molecular formula is C19H19F2NO3. The van der Waals surface area contributed by atoms with Crippen LogP contribution in [0.3, 0.4) is 0 Å². The lowest BCUT2D eigenvalue weighted by molar-refractivity contribution is -0.0431. The molecule has 2 aliphatic heterocycles. The first kappa shape index (κ1) is 16.3. The molecule has 2 aromatic rings. The van der Waals surface area contributed by atoms with E-state index in [9.17, 15) is 18.7 Å². The molecule has 2 atom stereocenters. The van der Waals surface area contributed by atoms with Crippen molar-refractivity contribution < 1.29 is 23.1 Å². The molecule has 132 valence electrons. The molecule has 0 spiro atoms. The van der Waals surface area contributed by atoms with Crippen molar-refractivity contribution in [1.29, 1.82) is 0 Å². The summed E-state index contributed by atoms with van der Waals surface area (Å²) in [6, 6.07) is 4.91. The topological polar surface area (TPSA) is 53.7 Å². The van der Waals surface area contributed by atoms with Crippen LogP contribution in [0.25, 0.3) is 0 Å². The zero-order chi connectivity index (χ0) is 17.6. The Bertz CT molecular complexity index is 776. The summed E-state index contributed by atoms with van der Waals surface area (Å²) in [5, 5.41) is 11.0. The minimum atomic E-state index is -1.09. The van der Waals surface area contributed by atoms with Crippen molar-refractivity contribution in [2.24, 2.45) is 0 Å². The molecule has 1 N–H and O–H groups in total. The molecule has 1 amide bonds. The monoisotopic (exact) mass is 347 g/mol. The largest absolute Gasteiger partial charge is 0.472 e. The van der Waals surface area contributed by atoms with Crippen LogP contribution in [0.4, 0.5) is 8.78 Å². The van der Waals surface area contributed by atoms with Crippen molar-refractivity contribution in [3.63, 3.8) is 0 Å². The number of hydrogen-bond donors (Lipinski definition) is 1. The summed E-state index contributed by atoms with van der Waals surface area (Å²) in [6.07, 6.45) is 5.45. The Morgan fingerprint density at radius 1 is 1.24 bits per heavy atom. The van der Waals surface area contributed by atoms with Gasteiger partial charge in [-0.2, -0.15) is 0 Å². The number of fused-ring (bicyclic) bond motifs is 2. The standard InChI is InChI=1S/C19H19F2NO3/c20-14-2-1-12(17(21)7-14)8-19(24)9-15-3-4-16(10-19)22(15)18(23)13-5-6-25-11-13/h1-2,5-7,11,15-16,24H,3-4,8-10H2. The van der Waals surface area contributed by atoms with Gasteiger partial charge in [-0.25, -0.2) is 8.78 Å². The maximum Gasteiger partial charge on any atom is 0.257 e. The minimum absolute atomic E-state index is 0.0744. The molecule has 0 radical (unpaired) electrons. The molecule has 25 heavy (non-hydrogen) atoms. The quantitative estimate of drug-likeness (QED) is 0.927. The van der Waals surface area contributed by atoms with Gasteiger partial charge in [-0.05, 0) is 43.4 Å². The Kier molecular flexibility index (Phi) is 3.87. The maximum atomic E-state index is 14.0. The lowest BCUT2D eigenvalue weighted by Crippen LogP contribution is -2.54. The average Bonchev–Trinajstić information content (AvgIpc) is 3.17. The minimum Gasteiger partial charge on any atom is -0.472 e. The van der Waals surface area contributed by atoms with E-state index in [1.54, 1.807) is 6.07 Å². The number of carbonyl (C=O) groups is 1. The molecule has 0 saturated carbocycles. The molecule has 4 rings (SSSR count). The summed E-state index contributed by atoms with van der Waals surface area (Å²) < 4.78 is 32.0. The van der Waals surface area contributed by atoms with Crippen LogP contribution >= 0.6 is 0 Å². The number of nitrogens with zero attached hydrogens (tertiary/aromatic N) is 1. The summed E-state index contributed by atoms with van der Waals surface area (Å²) in [5.41, 5.74) is -0.276. The van der Waals surface area contributed by atoms with Gasteiger partial charge in [-0.15, -0.1) is 0 Å². The highest BCUT2D eigenvalue weighted by molar-refractivity contribution is 5.94. The van der Waals surface area contributed by atoms with Crippen molar-refractivity contribution in [1.82, 2.24) is 4.90 Å². The number of rotatable bonds is 3. The molecule has 2 aliphatic rings. The second kappa shape index (κ2) is 5.95. The van der Waals surface area contributed by atoms with E-state index < -0.39 is 17.2 Å². The van der Waals surface area contributed by atoms with Crippen LogP contribution in [-0.2, 0) is 6.42 Å². The summed E-state index contributed by atoms with van der Waals surface area (Å²) >= 11 is 0. The van der Waals surface area contributed by atoms with Crippen molar-refractivity contribution in [3.8, 4) is 0 Å². The van der Waals surface area contributed by atoms with Crippen molar-refractivity contribution in [2.45, 2.75) is 49.8 Å². The molecule has 3 heterocycles. The highest BCUT2D eigenvalue weighted by Crippen LogP contribution is 2.43. The van der Waals surface area contributed by atoms with Crippen LogP contribution in [0.15, 0.2) is 41.2 Å². The Hall–Kier alpha value is -2.21. The van der Waals surface area contributed by atoms with E-state index in [-0.39, 0.29) is 24.4 Å². The molecule has 2 fully saturated rings. The number of benzene rings is 1. The van der Waals surface area contributed by atoms with Gasteiger partial charge in [0.2, 0.25) is 0 Å². The normalized spacial score (nSPS) is 28.4. The predicted molar refractivity (Wildman–Crippen MR) is 85.9 cm³/mol. The highest BCUT2D eigenvalue weighted by atomic mass is 19.1. The van der Waals surface area contributed by atoms with Crippen LogP contribution in [-0.4, -0.2) is 33.6 Å². The van der Waals surface area contributed by atoms with Crippen LogP contribution < -0.4 is 0 Å². The lowest BCUT2D eigenvalue weighted by Gasteiger charge is -2.44. The number of halogens is 2. The van der Waals surface area contributed by atoms with E-state index in [0.29, 0.717) is 24.0 Å². The molecule has 0 aliphatic carbocycles. The Morgan fingerprint density at radius 3 is 2.56 bits per heavy atom. The van der Waals surface area contributed by atoms with E-state index in [2.05, 4.69) is 0 Å². The number of carbonyl (C=O) groups excluding carboxylic acids is 1. The molecule has 2 saturated heterocycles. The summed E-state index contributed by atoms with van der Waals surface area (Å²) in [5.74, 6) is -1.36. The van der Waals surface area contributed by atoms with E-state index in [4.69, 9.17) is 4.42 Å². The molecule has 2 unspecified atom stereocenters. The zero-order valence-electron chi connectivity index (χ0n) is 13.6. The molecule has 6 heteroatoms. The second-order valence-electron chi connectivity index (χ2n) is 7.15. The van der Waals surface area contributed by atoms with Gasteiger partial charge in [0.1, 0.15) is 17.9 Å². The van der Waals surface area contributed by atoms with Gasteiger partial charge in [-0.1, -0.05) is 6.07 Å². The fourth-order valence-electron chi connectivity index (χ4n) is 4.35. The number of furan rings is 1. The van der Waals surface area contributed by atoms with Gasteiger partial charge < -0.3 is 14.4 Å². The number of aliphatic hydroxyl groups is 1. The molecular weight excluding hydrogens is 328 g/mol. The van der Waals surface area contributed by atoms with Gasteiger partial charge >= 0.3 is 0 Å². The third kappa shape index (κ3) is 2.95. The molecule has 1 aromatic heterocycles. The van der Waals surface area contributed by atoms with Crippen LogP contribution in [0.5, 0.6) is 0 Å². The fraction of sp³-hybridized carbons (Fsp3) is 0.421. The summed E-state index contributed by atoms with van der Waals surface area (Å²) in [4.78, 5) is 14.5. The van der Waals surface area contributed by atoms with E-state index in [1.165, 1.54) is 24.7 Å². The van der Waals surface area contributed by atoms with Crippen molar-refractivity contribution >= 4 is 5.91 Å². The number of hydrogen-bond acceptors (Lipinski definition) is 3. The van der Waals surface area contributed by atoms with Crippen molar-refractivity contribution in [2.75, 3.05) is 0 Å². The van der Waals surface area contributed by atoms with E-state index in [0.717, 1.165) is 18.9 Å². The Morgan fingerprint density at radius 2 is 1.96 bits per heavy atom. The van der Waals surface area contributed by atoms with Gasteiger partial charge in [0.25, 0.3) is 5.91 Å². The van der Waals surface area contributed by atoms with E-state index >= 15 is 0 Å². The average molecular weight is 347 g/mol. The van der Waals surface area contributed by atoms with E-state index in [1.807, 2.05) is 4.90 Å². The van der Waals surface area contributed by atoms with Crippen LogP contribution in [0, 0.1) is 11.6 Å². The molecule has 4 nitrogen and oxygen atoms in total. The first-order valence-corrected chi connectivity index (χ1v) is 8.46. The fourth-order valence-corrected chi connectivity index (χ4v) is 4.35. The first-order valence-electron chi connectivity index (χ1n) is 8.46. The predicted octanol–water partition coefficient (Wildman–Crippen LogP) is 3.30. The van der Waals surface area contributed by atoms with Crippen LogP contribution in [0.1, 0.15) is 41.6 Å². The lowest BCUT2D eigenvalue weighted by atomic mass is 9.81. The highest BCUT2D eigenvalue weighted by Gasteiger charge is 2.49. The Balaban J connectivity index is 1.53. The molecule has 1 aromatic carbocycles. The third-order valence-electron chi connectivity index (χ3n) is 5.39. The zero-order valence-corrected chi connectivity index (χ0v) is 13.6. The smallest absolute Gasteiger partial charge is 0.257 e. The van der Waals surface area contributed by atoms with Gasteiger partial charge in [-0.3, -0.25) is 4.79 Å². The third-order valence-corrected chi connectivity index (χ3v) is 5.39. The Labute approximate surface area is 144 Å². The van der Waals surface area contributed by atoms with Gasteiger partial charge in [0.15, 0.2) is 0 Å². The van der Waals surface area contributed by atoms with Crippen LogP contribution in [0.2, 0.25) is 0 Å². The second-order valence-corrected chi connectivity index (χ2v) is 7.15. The first-order chi connectivity index (χ1) is 12.0. The summed E-state index contributed by atoms with van der Waals surface area (Å²) in [7, 11) is 0. The molecule has 2 bridgehead atoms. The number of piperidine rings is 1. The van der Waals surface area contributed by atoms with Gasteiger partial charge in [0.05, 0.1) is 17.4 Å². The van der Waals surface area contributed by atoms with Crippen molar-refractivity contribution in [3.05, 3.63) is 59.6 Å². The maximum absolute atomic E-state index is 14.0. The SMILES string of the molecule is O=C(c1ccoc1)N1C2CCC1CC(O)(Cc1ccc(F)cc1F)C2. The van der Waals surface area contributed by atoms with Gasteiger partial charge in [0, 0.05) is 24.6 Å². The summed E-state index contributed by atoms with van der Waals surface area (Å²) in [6.45, 7) is 0. The number of amides is 1.